The second kappa shape index (κ2) is 10.7. The van der Waals surface area contributed by atoms with Crippen molar-refractivity contribution >= 4 is 46.6 Å². The summed E-state index contributed by atoms with van der Waals surface area (Å²) in [6.45, 7) is 6.79. The highest BCUT2D eigenvalue weighted by atomic mass is 35.5. The first-order chi connectivity index (χ1) is 12.5. The predicted octanol–water partition coefficient (Wildman–Crippen LogP) is 5.39. The Hall–Kier alpha value is -1.36. The van der Waals surface area contributed by atoms with Crippen molar-refractivity contribution in [3.8, 4) is 0 Å². The van der Waals surface area contributed by atoms with Gasteiger partial charge in [0.05, 0.1) is 5.75 Å². The van der Waals surface area contributed by atoms with Crippen LogP contribution in [0.4, 0.5) is 5.69 Å². The summed E-state index contributed by atoms with van der Waals surface area (Å²) in [5.41, 5.74) is 3.17. The number of hydrogen-bond donors (Lipinski definition) is 1. The maximum atomic E-state index is 12.0. The van der Waals surface area contributed by atoms with Crippen molar-refractivity contribution in [3.05, 3.63) is 63.6 Å². The number of carbonyl (C=O) groups excluding carboxylic acids is 1. The zero-order chi connectivity index (χ0) is 18.9. The molecule has 0 aromatic heterocycles. The maximum Gasteiger partial charge on any atom is 0.230 e. The van der Waals surface area contributed by atoms with Gasteiger partial charge in [-0.15, -0.1) is 11.8 Å². The lowest BCUT2D eigenvalue weighted by molar-refractivity contribution is -0.118. The molecule has 0 saturated heterocycles. The van der Waals surface area contributed by atoms with Crippen LogP contribution in [-0.2, 0) is 17.1 Å². The van der Waals surface area contributed by atoms with Gasteiger partial charge in [-0.25, -0.2) is 0 Å². The van der Waals surface area contributed by atoms with E-state index < -0.39 is 0 Å². The van der Waals surface area contributed by atoms with E-state index >= 15 is 0 Å². The van der Waals surface area contributed by atoms with E-state index in [9.17, 15) is 4.79 Å². The molecule has 140 valence electrons. The molecule has 2 rings (SSSR count). The maximum absolute atomic E-state index is 12.0. The monoisotopic (exact) mass is 410 g/mol. The number of nitrogens with zero attached hydrogens (tertiary/aromatic N) is 1. The number of amides is 1. The van der Waals surface area contributed by atoms with E-state index in [1.54, 1.807) is 0 Å². The molecule has 0 spiro atoms. The Morgan fingerprint density at radius 2 is 1.65 bits per heavy atom. The number of hydrogen-bond acceptors (Lipinski definition) is 3. The fourth-order valence-corrected chi connectivity index (χ4v) is 4.18. The van der Waals surface area contributed by atoms with Crippen LogP contribution in [0, 0.1) is 0 Å². The van der Waals surface area contributed by atoms with E-state index in [4.69, 9.17) is 23.2 Å². The number of rotatable bonds is 9. The number of nitrogens with one attached hydrogen (secondary N) is 1. The number of thioether (sulfide) groups is 1. The van der Waals surface area contributed by atoms with Gasteiger partial charge in [-0.3, -0.25) is 4.79 Å². The van der Waals surface area contributed by atoms with Crippen molar-refractivity contribution in [3.63, 3.8) is 0 Å². The Balaban J connectivity index is 1.76. The van der Waals surface area contributed by atoms with Crippen molar-refractivity contribution in [1.82, 2.24) is 5.32 Å². The summed E-state index contributed by atoms with van der Waals surface area (Å²) >= 11 is 13.8. The molecule has 6 heteroatoms. The first-order valence-electron chi connectivity index (χ1n) is 8.66. The molecule has 0 aliphatic rings. The zero-order valence-corrected chi connectivity index (χ0v) is 17.4. The third-order valence-electron chi connectivity index (χ3n) is 4.10. The number of benzene rings is 2. The fraction of sp³-hybridized carbons (Fsp3) is 0.350. The molecule has 0 saturated carbocycles. The third kappa shape index (κ3) is 6.11. The molecule has 0 unspecified atom stereocenters. The predicted molar refractivity (Wildman–Crippen MR) is 114 cm³/mol. The fourth-order valence-electron chi connectivity index (χ4n) is 2.58. The molecule has 1 amide bonds. The average Bonchev–Trinajstić information content (AvgIpc) is 2.64. The van der Waals surface area contributed by atoms with Crippen LogP contribution in [0.5, 0.6) is 0 Å². The molecule has 3 nitrogen and oxygen atoms in total. The van der Waals surface area contributed by atoms with E-state index in [1.165, 1.54) is 17.4 Å². The second-order valence-corrected chi connectivity index (χ2v) is 7.61. The first kappa shape index (κ1) is 20.9. The molecule has 0 atom stereocenters. The van der Waals surface area contributed by atoms with E-state index in [0.29, 0.717) is 28.1 Å². The Bertz CT molecular complexity index is 698. The van der Waals surface area contributed by atoms with Gasteiger partial charge in [-0.2, -0.15) is 0 Å². The summed E-state index contributed by atoms with van der Waals surface area (Å²) in [6, 6.07) is 13.8. The Morgan fingerprint density at radius 3 is 2.23 bits per heavy atom. The van der Waals surface area contributed by atoms with Gasteiger partial charge in [0, 0.05) is 41.1 Å². The van der Waals surface area contributed by atoms with E-state index in [0.717, 1.165) is 24.2 Å². The van der Waals surface area contributed by atoms with Gasteiger partial charge < -0.3 is 10.2 Å². The normalized spacial score (nSPS) is 10.6. The molecule has 2 aromatic rings. The lowest BCUT2D eigenvalue weighted by atomic mass is 10.2. The van der Waals surface area contributed by atoms with Crippen LogP contribution in [0.15, 0.2) is 42.5 Å². The molecule has 0 heterocycles. The molecular weight excluding hydrogens is 387 g/mol. The topological polar surface area (TPSA) is 32.3 Å². The lowest BCUT2D eigenvalue weighted by Gasteiger charge is -2.21. The lowest BCUT2D eigenvalue weighted by Crippen LogP contribution is -2.25. The highest BCUT2D eigenvalue weighted by Crippen LogP contribution is 2.28. The Labute approximate surface area is 170 Å². The summed E-state index contributed by atoms with van der Waals surface area (Å²) in [7, 11) is 0. The van der Waals surface area contributed by atoms with Gasteiger partial charge in [0.2, 0.25) is 5.91 Å². The van der Waals surface area contributed by atoms with Gasteiger partial charge in [0.1, 0.15) is 0 Å². The molecule has 0 aliphatic heterocycles. The Kier molecular flexibility index (Phi) is 8.63. The van der Waals surface area contributed by atoms with Gasteiger partial charge in [0.25, 0.3) is 0 Å². The van der Waals surface area contributed by atoms with Gasteiger partial charge in [-0.1, -0.05) is 41.4 Å². The molecule has 0 bridgehead atoms. The number of carbonyl (C=O) groups is 1. The Morgan fingerprint density at radius 1 is 1.04 bits per heavy atom. The highest BCUT2D eigenvalue weighted by Gasteiger charge is 2.08. The van der Waals surface area contributed by atoms with Crippen LogP contribution in [-0.4, -0.2) is 24.7 Å². The van der Waals surface area contributed by atoms with Crippen molar-refractivity contribution in [2.45, 2.75) is 26.1 Å². The SMILES string of the molecule is CCN(CC)c1ccc(CNC(=O)CSCc2c(Cl)cccc2Cl)cc1. The smallest absolute Gasteiger partial charge is 0.230 e. The number of halogens is 2. The summed E-state index contributed by atoms with van der Waals surface area (Å²) in [6.07, 6.45) is 0. The van der Waals surface area contributed by atoms with E-state index in [1.807, 2.05) is 18.2 Å². The van der Waals surface area contributed by atoms with Gasteiger partial charge in [-0.05, 0) is 49.2 Å². The minimum Gasteiger partial charge on any atom is -0.372 e. The minimum absolute atomic E-state index is 0.00555. The van der Waals surface area contributed by atoms with Crippen molar-refractivity contribution in [1.29, 1.82) is 0 Å². The molecular formula is C20H24Cl2N2OS. The molecule has 2 aromatic carbocycles. The van der Waals surface area contributed by atoms with Crippen LogP contribution in [0.1, 0.15) is 25.0 Å². The van der Waals surface area contributed by atoms with Gasteiger partial charge >= 0.3 is 0 Å². The van der Waals surface area contributed by atoms with Crippen molar-refractivity contribution < 1.29 is 4.79 Å². The second-order valence-electron chi connectivity index (χ2n) is 5.81. The minimum atomic E-state index is 0.00555. The zero-order valence-electron chi connectivity index (χ0n) is 15.1. The van der Waals surface area contributed by atoms with Crippen molar-refractivity contribution in [2.75, 3.05) is 23.7 Å². The summed E-state index contributed by atoms with van der Waals surface area (Å²) in [4.78, 5) is 14.3. The van der Waals surface area contributed by atoms with Crippen LogP contribution >= 0.6 is 35.0 Å². The quantitative estimate of drug-likeness (QED) is 0.601. The average molecular weight is 411 g/mol. The van der Waals surface area contributed by atoms with E-state index in [-0.39, 0.29) is 5.91 Å². The summed E-state index contributed by atoms with van der Waals surface area (Å²) in [5.74, 6) is 0.995. The van der Waals surface area contributed by atoms with Crippen LogP contribution in [0.3, 0.4) is 0 Å². The molecule has 0 aliphatic carbocycles. The summed E-state index contributed by atoms with van der Waals surface area (Å²) < 4.78 is 0. The van der Waals surface area contributed by atoms with Crippen LogP contribution in [0.25, 0.3) is 0 Å². The summed E-state index contributed by atoms with van der Waals surface area (Å²) in [5, 5.41) is 4.23. The van der Waals surface area contributed by atoms with Crippen LogP contribution < -0.4 is 10.2 Å². The molecule has 1 N–H and O–H groups in total. The van der Waals surface area contributed by atoms with E-state index in [2.05, 4.69) is 48.3 Å². The third-order valence-corrected chi connectivity index (χ3v) is 5.76. The largest absolute Gasteiger partial charge is 0.372 e. The number of anilines is 1. The first-order valence-corrected chi connectivity index (χ1v) is 10.6. The molecule has 0 radical (unpaired) electrons. The highest BCUT2D eigenvalue weighted by molar-refractivity contribution is 7.99. The van der Waals surface area contributed by atoms with Gasteiger partial charge in [0.15, 0.2) is 0 Å². The van der Waals surface area contributed by atoms with Crippen LogP contribution in [0.2, 0.25) is 10.0 Å². The van der Waals surface area contributed by atoms with Crippen molar-refractivity contribution in [2.24, 2.45) is 0 Å². The molecule has 26 heavy (non-hydrogen) atoms. The molecule has 0 fully saturated rings. The standard InChI is InChI=1S/C20H24Cl2N2OS/c1-3-24(4-2)16-10-8-15(9-11-16)12-23-20(25)14-26-13-17-18(21)6-5-7-19(17)22/h5-11H,3-4,12-14H2,1-2H3,(H,23,25).